The number of nitrogens with one attached hydrogen (secondary N) is 2. The first-order valence-corrected chi connectivity index (χ1v) is 7.13. The molecule has 0 bridgehead atoms. The van der Waals surface area contributed by atoms with Crippen molar-refractivity contribution in [2.75, 3.05) is 11.9 Å². The predicted octanol–water partition coefficient (Wildman–Crippen LogP) is 3.36. The van der Waals surface area contributed by atoms with E-state index in [9.17, 15) is 0 Å². The minimum Gasteiger partial charge on any atom is -0.385 e. The number of hydrogen-bond acceptors (Lipinski definition) is 3. The summed E-state index contributed by atoms with van der Waals surface area (Å²) < 4.78 is 0. The third kappa shape index (κ3) is 4.68. The van der Waals surface area contributed by atoms with E-state index in [0.717, 1.165) is 36.7 Å². The van der Waals surface area contributed by atoms with Crippen LogP contribution in [0.5, 0.6) is 0 Å². The van der Waals surface area contributed by atoms with Gasteiger partial charge >= 0.3 is 0 Å². The average Bonchev–Trinajstić information content (AvgIpc) is 2.77. The van der Waals surface area contributed by atoms with Crippen LogP contribution in [0.3, 0.4) is 0 Å². The van der Waals surface area contributed by atoms with E-state index in [2.05, 4.69) is 72.5 Å². The van der Waals surface area contributed by atoms with Crippen LogP contribution in [0.15, 0.2) is 24.3 Å². The largest absolute Gasteiger partial charge is 0.385 e. The van der Waals surface area contributed by atoms with Crippen LogP contribution in [-0.4, -0.2) is 21.7 Å². The minimum absolute atomic E-state index is 0.233. The molecule has 2 aromatic rings. The van der Waals surface area contributed by atoms with Crippen molar-refractivity contribution in [2.24, 2.45) is 5.41 Å². The molecule has 0 fully saturated rings. The summed E-state index contributed by atoms with van der Waals surface area (Å²) in [5, 5.41) is 10.7. The Morgan fingerprint density at radius 1 is 1.15 bits per heavy atom. The summed E-state index contributed by atoms with van der Waals surface area (Å²) in [7, 11) is 0. The summed E-state index contributed by atoms with van der Waals surface area (Å²) in [5.74, 6) is 1.85. The molecule has 2 rings (SSSR count). The molecule has 1 aromatic heterocycles. The zero-order valence-electron chi connectivity index (χ0n) is 12.8. The molecule has 1 aromatic carbocycles. The number of nitrogens with zero attached hydrogens (tertiary/aromatic N) is 2. The summed E-state index contributed by atoms with van der Waals surface area (Å²) in [6.45, 7) is 9.54. The van der Waals surface area contributed by atoms with E-state index in [1.54, 1.807) is 0 Å². The molecule has 0 aliphatic rings. The van der Waals surface area contributed by atoms with E-state index < -0.39 is 0 Å². The number of rotatable bonds is 5. The van der Waals surface area contributed by atoms with Gasteiger partial charge in [0, 0.05) is 25.1 Å². The van der Waals surface area contributed by atoms with Gasteiger partial charge in [-0.15, -0.1) is 0 Å². The lowest BCUT2D eigenvalue weighted by molar-refractivity contribution is 0.401. The normalized spacial score (nSPS) is 11.6. The van der Waals surface area contributed by atoms with E-state index in [-0.39, 0.29) is 5.41 Å². The first kappa shape index (κ1) is 14.6. The van der Waals surface area contributed by atoms with E-state index in [0.29, 0.717) is 0 Å². The Kier molecular flexibility index (Phi) is 4.42. The van der Waals surface area contributed by atoms with Crippen LogP contribution in [0, 0.1) is 12.3 Å². The summed E-state index contributed by atoms with van der Waals surface area (Å²) in [4.78, 5) is 4.53. The van der Waals surface area contributed by atoms with Gasteiger partial charge in [-0.05, 0) is 24.5 Å². The van der Waals surface area contributed by atoms with Crippen LogP contribution in [0.25, 0.3) is 0 Å². The molecule has 0 saturated carbocycles. The highest BCUT2D eigenvalue weighted by atomic mass is 15.2. The van der Waals surface area contributed by atoms with Crippen LogP contribution in [0.4, 0.5) is 5.69 Å². The van der Waals surface area contributed by atoms with Gasteiger partial charge in [0.1, 0.15) is 5.82 Å². The Labute approximate surface area is 121 Å². The van der Waals surface area contributed by atoms with Crippen LogP contribution in [0.2, 0.25) is 0 Å². The zero-order chi connectivity index (χ0) is 14.6. The molecule has 0 spiro atoms. The van der Waals surface area contributed by atoms with E-state index in [1.807, 2.05) is 0 Å². The molecule has 0 unspecified atom stereocenters. The Morgan fingerprint density at radius 2 is 1.85 bits per heavy atom. The van der Waals surface area contributed by atoms with Crippen molar-refractivity contribution in [1.29, 1.82) is 0 Å². The van der Waals surface area contributed by atoms with E-state index >= 15 is 0 Å². The van der Waals surface area contributed by atoms with E-state index in [4.69, 9.17) is 0 Å². The maximum atomic E-state index is 4.53. The molecule has 2 N–H and O–H groups in total. The van der Waals surface area contributed by atoms with Gasteiger partial charge in [0.05, 0.1) is 0 Å². The third-order valence-electron chi connectivity index (χ3n) is 3.01. The summed E-state index contributed by atoms with van der Waals surface area (Å²) in [6, 6.07) is 8.41. The summed E-state index contributed by atoms with van der Waals surface area (Å²) in [5.41, 5.74) is 2.65. The Bertz CT molecular complexity index is 534. The lowest BCUT2D eigenvalue weighted by atomic mass is 9.92. The molecule has 0 amide bonds. The van der Waals surface area contributed by atoms with Gasteiger partial charge in [-0.3, -0.25) is 5.10 Å². The number of H-pyrrole nitrogens is 1. The van der Waals surface area contributed by atoms with Gasteiger partial charge in [0.15, 0.2) is 5.82 Å². The topological polar surface area (TPSA) is 53.6 Å². The number of aryl methyl sites for hydroxylation is 1. The molecule has 0 saturated heterocycles. The fraction of sp³-hybridized carbons (Fsp3) is 0.500. The summed E-state index contributed by atoms with van der Waals surface area (Å²) in [6.07, 6.45) is 1.75. The fourth-order valence-corrected chi connectivity index (χ4v) is 2.02. The van der Waals surface area contributed by atoms with Gasteiger partial charge in [-0.2, -0.15) is 5.10 Å². The number of hydrogen-bond donors (Lipinski definition) is 2. The lowest BCUT2D eigenvalue weighted by Crippen LogP contribution is -2.10. The predicted molar refractivity (Wildman–Crippen MR) is 82.9 cm³/mol. The number of benzene rings is 1. The van der Waals surface area contributed by atoms with E-state index in [1.165, 1.54) is 5.56 Å². The van der Waals surface area contributed by atoms with Crippen LogP contribution in [-0.2, 0) is 12.8 Å². The standard InChI is InChI=1S/C16H24N4/c1-12-5-7-13(8-6-12)17-10-9-14-18-15(20-19-14)11-16(2,3)4/h5-8,17H,9-11H2,1-4H3,(H,18,19,20). The molecule has 0 radical (unpaired) electrons. The van der Waals surface area contributed by atoms with Crippen LogP contribution >= 0.6 is 0 Å². The van der Waals surface area contributed by atoms with Crippen LogP contribution < -0.4 is 5.32 Å². The third-order valence-corrected chi connectivity index (χ3v) is 3.01. The Hall–Kier alpha value is -1.84. The highest BCUT2D eigenvalue weighted by Crippen LogP contribution is 2.18. The molecular weight excluding hydrogens is 248 g/mol. The SMILES string of the molecule is Cc1ccc(NCCc2n[nH]c(CC(C)(C)C)n2)cc1. The molecule has 4 nitrogen and oxygen atoms in total. The lowest BCUT2D eigenvalue weighted by Gasteiger charge is -2.15. The molecule has 0 aliphatic carbocycles. The summed E-state index contributed by atoms with van der Waals surface area (Å²) >= 11 is 0. The second-order valence-corrected chi connectivity index (χ2v) is 6.48. The second-order valence-electron chi connectivity index (χ2n) is 6.48. The van der Waals surface area contributed by atoms with Crippen molar-refractivity contribution in [3.8, 4) is 0 Å². The number of aromatic amines is 1. The molecule has 0 aliphatic heterocycles. The second kappa shape index (κ2) is 6.07. The van der Waals surface area contributed by atoms with Gasteiger partial charge in [-0.1, -0.05) is 38.5 Å². The molecule has 0 atom stereocenters. The maximum Gasteiger partial charge on any atom is 0.152 e. The molecule has 108 valence electrons. The minimum atomic E-state index is 0.233. The van der Waals surface area contributed by atoms with Gasteiger partial charge < -0.3 is 5.32 Å². The molecule has 20 heavy (non-hydrogen) atoms. The quantitative estimate of drug-likeness (QED) is 0.877. The van der Waals surface area contributed by atoms with Crippen molar-refractivity contribution >= 4 is 5.69 Å². The van der Waals surface area contributed by atoms with Gasteiger partial charge in [-0.25, -0.2) is 4.98 Å². The number of anilines is 1. The first-order valence-electron chi connectivity index (χ1n) is 7.13. The highest BCUT2D eigenvalue weighted by molar-refractivity contribution is 5.44. The average molecular weight is 272 g/mol. The first-order chi connectivity index (χ1) is 9.42. The van der Waals surface area contributed by atoms with Crippen molar-refractivity contribution in [3.05, 3.63) is 41.5 Å². The van der Waals surface area contributed by atoms with Crippen molar-refractivity contribution in [3.63, 3.8) is 0 Å². The maximum absolute atomic E-state index is 4.53. The monoisotopic (exact) mass is 272 g/mol. The molecular formula is C16H24N4. The number of aromatic nitrogens is 3. The van der Waals surface area contributed by atoms with Crippen molar-refractivity contribution < 1.29 is 0 Å². The fourth-order valence-electron chi connectivity index (χ4n) is 2.02. The van der Waals surface area contributed by atoms with Gasteiger partial charge in [0.2, 0.25) is 0 Å². The van der Waals surface area contributed by atoms with Gasteiger partial charge in [0.25, 0.3) is 0 Å². The van der Waals surface area contributed by atoms with Crippen LogP contribution in [0.1, 0.15) is 38.0 Å². The smallest absolute Gasteiger partial charge is 0.152 e. The van der Waals surface area contributed by atoms with Crippen molar-refractivity contribution in [1.82, 2.24) is 15.2 Å². The molecule has 4 heteroatoms. The Balaban J connectivity index is 1.81. The zero-order valence-corrected chi connectivity index (χ0v) is 12.8. The van der Waals surface area contributed by atoms with Crippen molar-refractivity contribution in [2.45, 2.75) is 40.5 Å². The molecule has 1 heterocycles. The Morgan fingerprint density at radius 3 is 2.50 bits per heavy atom. The highest BCUT2D eigenvalue weighted by Gasteiger charge is 2.14.